The van der Waals surface area contributed by atoms with Crippen molar-refractivity contribution in [3.8, 4) is 0 Å². The summed E-state index contributed by atoms with van der Waals surface area (Å²) in [7, 11) is 0. The number of thiophene rings is 1. The first-order valence-corrected chi connectivity index (χ1v) is 8.64. The van der Waals surface area contributed by atoms with Crippen LogP contribution >= 0.6 is 11.3 Å². The smallest absolute Gasteiger partial charge is 0.0678 e. The zero-order valence-corrected chi connectivity index (χ0v) is 13.8. The van der Waals surface area contributed by atoms with Crippen molar-refractivity contribution in [1.29, 1.82) is 0 Å². The second-order valence-electron chi connectivity index (χ2n) is 5.93. The molecule has 1 aromatic heterocycles. The van der Waals surface area contributed by atoms with Gasteiger partial charge in [0.2, 0.25) is 0 Å². The van der Waals surface area contributed by atoms with Crippen LogP contribution in [0.1, 0.15) is 37.1 Å². The van der Waals surface area contributed by atoms with E-state index in [-0.39, 0.29) is 0 Å². The quantitative estimate of drug-likeness (QED) is 0.783. The fraction of sp³-hybridized carbons (Fsp3) is 0.750. The molecule has 2 atom stereocenters. The van der Waals surface area contributed by atoms with Gasteiger partial charge < -0.3 is 10.1 Å². The molecule has 2 rings (SSSR count). The predicted octanol–water partition coefficient (Wildman–Crippen LogP) is 3.04. The third-order valence-corrected chi connectivity index (χ3v) is 4.85. The number of nitrogens with zero attached hydrogens (tertiary/aromatic N) is 1. The summed E-state index contributed by atoms with van der Waals surface area (Å²) in [5, 5.41) is 5.72. The van der Waals surface area contributed by atoms with Crippen molar-refractivity contribution in [2.75, 3.05) is 26.2 Å². The molecule has 3 nitrogen and oxygen atoms in total. The Morgan fingerprint density at radius 2 is 2.05 bits per heavy atom. The molecule has 0 spiro atoms. The average Bonchev–Trinajstić information content (AvgIpc) is 2.78. The molecule has 1 fully saturated rings. The monoisotopic (exact) mass is 296 g/mol. The molecule has 114 valence electrons. The number of aryl methyl sites for hydroxylation is 1. The van der Waals surface area contributed by atoms with E-state index in [0.29, 0.717) is 12.2 Å². The predicted molar refractivity (Wildman–Crippen MR) is 86.4 cm³/mol. The van der Waals surface area contributed by atoms with Crippen molar-refractivity contribution in [1.82, 2.24) is 10.2 Å². The van der Waals surface area contributed by atoms with Gasteiger partial charge in [0.1, 0.15) is 0 Å². The minimum Gasteiger partial charge on any atom is -0.373 e. The number of nitrogens with one attached hydrogen (secondary N) is 1. The first-order chi connectivity index (χ1) is 9.65. The second kappa shape index (κ2) is 8.13. The lowest BCUT2D eigenvalue weighted by atomic mass is 10.2. The van der Waals surface area contributed by atoms with E-state index >= 15 is 0 Å². The van der Waals surface area contributed by atoms with E-state index in [9.17, 15) is 0 Å². The zero-order valence-electron chi connectivity index (χ0n) is 13.0. The van der Waals surface area contributed by atoms with Gasteiger partial charge in [0, 0.05) is 24.5 Å². The van der Waals surface area contributed by atoms with E-state index in [1.807, 2.05) is 11.3 Å². The molecule has 0 radical (unpaired) electrons. The van der Waals surface area contributed by atoms with Gasteiger partial charge >= 0.3 is 0 Å². The van der Waals surface area contributed by atoms with Gasteiger partial charge in [-0.1, -0.05) is 0 Å². The maximum absolute atomic E-state index is 5.76. The topological polar surface area (TPSA) is 24.5 Å². The molecule has 4 heteroatoms. The standard InChI is InChI=1S/C16H28N2OS/c1-13-6-9-20-16(13)10-17-7-4-5-8-18-11-14(2)19-15(3)12-18/h6,9,14-15,17H,4-5,7-8,10-12H2,1-3H3. The van der Waals surface area contributed by atoms with Gasteiger partial charge in [0.15, 0.2) is 0 Å². The van der Waals surface area contributed by atoms with Gasteiger partial charge in [-0.2, -0.15) is 0 Å². The Balaban J connectivity index is 1.52. The van der Waals surface area contributed by atoms with Crippen molar-refractivity contribution in [3.05, 3.63) is 21.9 Å². The van der Waals surface area contributed by atoms with E-state index in [1.165, 1.54) is 29.8 Å². The van der Waals surface area contributed by atoms with Gasteiger partial charge in [-0.05, 0) is 63.7 Å². The Kier molecular flexibility index (Phi) is 6.49. The van der Waals surface area contributed by atoms with E-state index in [4.69, 9.17) is 4.74 Å². The molecular weight excluding hydrogens is 268 g/mol. The highest BCUT2D eigenvalue weighted by atomic mass is 32.1. The van der Waals surface area contributed by atoms with Gasteiger partial charge in [-0.15, -0.1) is 11.3 Å². The summed E-state index contributed by atoms with van der Waals surface area (Å²) < 4.78 is 5.76. The number of rotatable bonds is 7. The minimum atomic E-state index is 0.388. The number of ether oxygens (including phenoxy) is 1. The summed E-state index contributed by atoms with van der Waals surface area (Å²) >= 11 is 1.85. The summed E-state index contributed by atoms with van der Waals surface area (Å²) in [5.74, 6) is 0. The molecule has 0 aliphatic carbocycles. The fourth-order valence-electron chi connectivity index (χ4n) is 2.84. The molecule has 1 aliphatic heterocycles. The Morgan fingerprint density at radius 1 is 1.30 bits per heavy atom. The van der Waals surface area contributed by atoms with Crippen LogP contribution in [-0.4, -0.2) is 43.3 Å². The van der Waals surface area contributed by atoms with Crippen molar-refractivity contribution in [3.63, 3.8) is 0 Å². The molecule has 0 bridgehead atoms. The molecule has 0 saturated carbocycles. The Morgan fingerprint density at radius 3 is 2.70 bits per heavy atom. The minimum absolute atomic E-state index is 0.388. The van der Waals surface area contributed by atoms with Crippen molar-refractivity contribution in [2.45, 2.75) is 52.4 Å². The normalized spacial score (nSPS) is 24.1. The zero-order chi connectivity index (χ0) is 14.4. The summed E-state index contributed by atoms with van der Waals surface area (Å²) in [6, 6.07) is 2.20. The lowest BCUT2D eigenvalue weighted by molar-refractivity contribution is -0.0681. The molecule has 1 saturated heterocycles. The summed E-state index contributed by atoms with van der Waals surface area (Å²) in [6.45, 7) is 12.1. The Hall–Kier alpha value is -0.420. The molecule has 20 heavy (non-hydrogen) atoms. The number of unbranched alkanes of at least 4 members (excludes halogenated alkanes) is 1. The van der Waals surface area contributed by atoms with Gasteiger partial charge in [-0.25, -0.2) is 0 Å². The van der Waals surface area contributed by atoms with Crippen molar-refractivity contribution in [2.24, 2.45) is 0 Å². The molecule has 1 aliphatic rings. The van der Waals surface area contributed by atoms with E-state index < -0.39 is 0 Å². The molecule has 1 aromatic rings. The molecule has 0 aromatic carbocycles. The molecule has 2 unspecified atom stereocenters. The highest BCUT2D eigenvalue weighted by Crippen LogP contribution is 2.15. The fourth-order valence-corrected chi connectivity index (χ4v) is 3.72. The van der Waals surface area contributed by atoms with E-state index in [2.05, 4.69) is 42.4 Å². The van der Waals surface area contributed by atoms with Crippen LogP contribution in [0.4, 0.5) is 0 Å². The van der Waals surface area contributed by atoms with Crippen LogP contribution in [0.5, 0.6) is 0 Å². The summed E-state index contributed by atoms with van der Waals surface area (Å²) in [5.41, 5.74) is 1.42. The van der Waals surface area contributed by atoms with Crippen molar-refractivity contribution < 1.29 is 4.74 Å². The SMILES string of the molecule is Cc1ccsc1CNCCCCN1CC(C)OC(C)C1. The van der Waals surface area contributed by atoms with Crippen LogP contribution in [0.15, 0.2) is 11.4 Å². The lowest BCUT2D eigenvalue weighted by Crippen LogP contribution is -2.45. The second-order valence-corrected chi connectivity index (χ2v) is 6.93. The molecule has 0 amide bonds. The number of hydrogen-bond acceptors (Lipinski definition) is 4. The molecule has 1 N–H and O–H groups in total. The van der Waals surface area contributed by atoms with Gasteiger partial charge in [0.05, 0.1) is 12.2 Å². The van der Waals surface area contributed by atoms with Crippen molar-refractivity contribution >= 4 is 11.3 Å². The third-order valence-electron chi connectivity index (χ3n) is 3.83. The Bertz CT molecular complexity index is 384. The number of morpholine rings is 1. The largest absolute Gasteiger partial charge is 0.373 e. The van der Waals surface area contributed by atoms with Gasteiger partial charge in [0.25, 0.3) is 0 Å². The summed E-state index contributed by atoms with van der Waals surface area (Å²) in [4.78, 5) is 4.02. The van der Waals surface area contributed by atoms with E-state index in [0.717, 1.165) is 26.2 Å². The maximum Gasteiger partial charge on any atom is 0.0678 e. The number of hydrogen-bond donors (Lipinski definition) is 1. The van der Waals surface area contributed by atoms with Crippen LogP contribution < -0.4 is 5.32 Å². The van der Waals surface area contributed by atoms with Crippen LogP contribution in [0.25, 0.3) is 0 Å². The van der Waals surface area contributed by atoms with Crippen LogP contribution in [-0.2, 0) is 11.3 Å². The highest BCUT2D eigenvalue weighted by molar-refractivity contribution is 7.10. The highest BCUT2D eigenvalue weighted by Gasteiger charge is 2.21. The summed E-state index contributed by atoms with van der Waals surface area (Å²) in [6.07, 6.45) is 3.30. The lowest BCUT2D eigenvalue weighted by Gasteiger charge is -2.35. The third kappa shape index (κ3) is 5.17. The van der Waals surface area contributed by atoms with Crippen LogP contribution in [0.3, 0.4) is 0 Å². The van der Waals surface area contributed by atoms with Gasteiger partial charge in [-0.3, -0.25) is 4.90 Å². The van der Waals surface area contributed by atoms with E-state index in [1.54, 1.807) is 0 Å². The first kappa shape index (κ1) is 16.0. The molecular formula is C16H28N2OS. The average molecular weight is 296 g/mol. The van der Waals surface area contributed by atoms with Crippen LogP contribution in [0.2, 0.25) is 0 Å². The first-order valence-electron chi connectivity index (χ1n) is 7.76. The van der Waals surface area contributed by atoms with Crippen LogP contribution in [0, 0.1) is 6.92 Å². The Labute approximate surface area is 127 Å². The maximum atomic E-state index is 5.76. The molecule has 2 heterocycles.